The second kappa shape index (κ2) is 5.95. The molecule has 3 rings (SSSR count). The van der Waals surface area contributed by atoms with Crippen molar-refractivity contribution < 1.29 is 9.53 Å². The molecule has 1 saturated heterocycles. The number of thiophene rings is 1. The highest BCUT2D eigenvalue weighted by Crippen LogP contribution is 2.30. The van der Waals surface area contributed by atoms with Gasteiger partial charge in [0.2, 0.25) is 0 Å². The summed E-state index contributed by atoms with van der Waals surface area (Å²) in [6.45, 7) is 3.50. The number of hydrogen-bond acceptors (Lipinski definition) is 6. The normalized spacial score (nSPS) is 21.8. The maximum absolute atomic E-state index is 12.3. The molecule has 0 radical (unpaired) electrons. The summed E-state index contributed by atoms with van der Waals surface area (Å²) in [5.74, 6) is 0.227. The third-order valence-corrected chi connectivity index (χ3v) is 4.94. The first-order valence-electron chi connectivity index (χ1n) is 7.09. The SMILES string of the molecule is CCC1OCCC1CNC(=O)c1sc2nccnc2c1N. The summed E-state index contributed by atoms with van der Waals surface area (Å²) in [6.07, 6.45) is 5.38. The van der Waals surface area contributed by atoms with Gasteiger partial charge in [-0.15, -0.1) is 11.3 Å². The summed E-state index contributed by atoms with van der Waals surface area (Å²) < 4.78 is 5.63. The molecule has 1 amide bonds. The molecule has 2 atom stereocenters. The van der Waals surface area contributed by atoms with Gasteiger partial charge in [0.1, 0.15) is 15.2 Å². The van der Waals surface area contributed by atoms with Crippen molar-refractivity contribution in [2.75, 3.05) is 18.9 Å². The molecule has 0 aliphatic carbocycles. The minimum atomic E-state index is -0.154. The number of rotatable bonds is 4. The highest BCUT2D eigenvalue weighted by atomic mass is 32.1. The van der Waals surface area contributed by atoms with E-state index in [9.17, 15) is 4.79 Å². The van der Waals surface area contributed by atoms with E-state index >= 15 is 0 Å². The van der Waals surface area contributed by atoms with Crippen LogP contribution in [-0.2, 0) is 4.74 Å². The first-order chi connectivity index (χ1) is 10.2. The van der Waals surface area contributed by atoms with Crippen LogP contribution in [0.4, 0.5) is 5.69 Å². The van der Waals surface area contributed by atoms with Gasteiger partial charge in [0.25, 0.3) is 5.91 Å². The number of anilines is 1. The second-order valence-corrected chi connectivity index (χ2v) is 6.13. The zero-order valence-corrected chi connectivity index (χ0v) is 12.7. The van der Waals surface area contributed by atoms with E-state index < -0.39 is 0 Å². The molecule has 21 heavy (non-hydrogen) atoms. The van der Waals surface area contributed by atoms with Gasteiger partial charge in [-0.3, -0.25) is 4.79 Å². The molecule has 112 valence electrons. The highest BCUT2D eigenvalue weighted by molar-refractivity contribution is 7.21. The average Bonchev–Trinajstić information content (AvgIpc) is 3.09. The van der Waals surface area contributed by atoms with E-state index in [-0.39, 0.29) is 12.0 Å². The number of fused-ring (bicyclic) bond motifs is 1. The number of carbonyl (C=O) groups is 1. The van der Waals surface area contributed by atoms with Crippen LogP contribution in [0.1, 0.15) is 29.4 Å². The van der Waals surface area contributed by atoms with E-state index in [2.05, 4.69) is 22.2 Å². The Morgan fingerprint density at radius 1 is 1.52 bits per heavy atom. The molecule has 1 aliphatic heterocycles. The second-order valence-electron chi connectivity index (χ2n) is 5.13. The molecular weight excluding hydrogens is 288 g/mol. The van der Waals surface area contributed by atoms with Gasteiger partial charge in [-0.25, -0.2) is 9.97 Å². The fraction of sp³-hybridized carbons (Fsp3) is 0.500. The zero-order chi connectivity index (χ0) is 14.8. The summed E-state index contributed by atoms with van der Waals surface area (Å²) >= 11 is 1.28. The van der Waals surface area contributed by atoms with Crippen LogP contribution in [0.5, 0.6) is 0 Å². The van der Waals surface area contributed by atoms with Crippen molar-refractivity contribution in [1.29, 1.82) is 0 Å². The Balaban J connectivity index is 1.71. The number of aromatic nitrogens is 2. The lowest BCUT2D eigenvalue weighted by Gasteiger charge is -2.16. The quantitative estimate of drug-likeness (QED) is 0.899. The largest absolute Gasteiger partial charge is 0.396 e. The number of nitrogen functional groups attached to an aromatic ring is 1. The van der Waals surface area contributed by atoms with Gasteiger partial charge >= 0.3 is 0 Å². The van der Waals surface area contributed by atoms with Gasteiger partial charge in [-0.05, 0) is 12.8 Å². The Hall–Kier alpha value is -1.73. The van der Waals surface area contributed by atoms with Crippen molar-refractivity contribution >= 4 is 33.3 Å². The van der Waals surface area contributed by atoms with Gasteiger partial charge in [0.05, 0.1) is 11.8 Å². The first-order valence-corrected chi connectivity index (χ1v) is 7.91. The zero-order valence-electron chi connectivity index (χ0n) is 11.8. The molecule has 2 aromatic heterocycles. The van der Waals surface area contributed by atoms with Crippen LogP contribution in [0, 0.1) is 5.92 Å². The Morgan fingerprint density at radius 2 is 2.33 bits per heavy atom. The molecule has 0 saturated carbocycles. The molecule has 0 aromatic carbocycles. The summed E-state index contributed by atoms with van der Waals surface area (Å²) in [7, 11) is 0. The lowest BCUT2D eigenvalue weighted by molar-refractivity contribution is 0.0828. The van der Waals surface area contributed by atoms with E-state index in [0.29, 0.717) is 33.4 Å². The fourth-order valence-electron chi connectivity index (χ4n) is 2.69. The van der Waals surface area contributed by atoms with Crippen molar-refractivity contribution in [3.63, 3.8) is 0 Å². The molecule has 2 unspecified atom stereocenters. The lowest BCUT2D eigenvalue weighted by Crippen LogP contribution is -2.32. The molecule has 3 N–H and O–H groups in total. The summed E-state index contributed by atoms with van der Waals surface area (Å²) in [4.78, 5) is 21.8. The predicted molar refractivity (Wildman–Crippen MR) is 82.3 cm³/mol. The number of ether oxygens (including phenoxy) is 1. The molecule has 2 aromatic rings. The molecule has 1 fully saturated rings. The van der Waals surface area contributed by atoms with Crippen molar-refractivity contribution in [2.24, 2.45) is 5.92 Å². The Kier molecular flexibility index (Phi) is 4.03. The number of amides is 1. The van der Waals surface area contributed by atoms with Gasteiger partial charge < -0.3 is 15.8 Å². The van der Waals surface area contributed by atoms with E-state index in [1.807, 2.05) is 0 Å². The number of nitrogens with two attached hydrogens (primary N) is 1. The fourth-order valence-corrected chi connectivity index (χ4v) is 3.63. The van der Waals surface area contributed by atoms with E-state index in [4.69, 9.17) is 10.5 Å². The standard InChI is InChI=1S/C14H18N4O2S/c1-2-9-8(3-6-20-9)7-18-13(19)12-10(15)11-14(21-12)17-5-4-16-11/h4-5,8-9H,2-3,6-7,15H2,1H3,(H,18,19). The highest BCUT2D eigenvalue weighted by Gasteiger charge is 2.27. The Labute approximate surface area is 126 Å². The number of hydrogen-bond donors (Lipinski definition) is 2. The van der Waals surface area contributed by atoms with E-state index in [0.717, 1.165) is 19.4 Å². The van der Waals surface area contributed by atoms with Gasteiger partial charge in [-0.2, -0.15) is 0 Å². The van der Waals surface area contributed by atoms with Crippen molar-refractivity contribution in [1.82, 2.24) is 15.3 Å². The Bertz CT molecular complexity index is 657. The molecular formula is C14H18N4O2S. The van der Waals surface area contributed by atoms with Crippen molar-refractivity contribution in [2.45, 2.75) is 25.9 Å². The third kappa shape index (κ3) is 2.71. The number of carbonyl (C=O) groups excluding carboxylic acids is 1. The molecule has 1 aliphatic rings. The first kappa shape index (κ1) is 14.2. The third-order valence-electron chi connectivity index (χ3n) is 3.84. The molecule has 6 nitrogen and oxygen atoms in total. The van der Waals surface area contributed by atoms with Crippen LogP contribution in [0.15, 0.2) is 12.4 Å². The predicted octanol–water partition coefficient (Wildman–Crippen LogP) is 1.82. The van der Waals surface area contributed by atoms with Crippen molar-refractivity contribution in [3.05, 3.63) is 17.3 Å². The van der Waals surface area contributed by atoms with Crippen molar-refractivity contribution in [3.8, 4) is 0 Å². The van der Waals surface area contributed by atoms with Gasteiger partial charge in [0.15, 0.2) is 0 Å². The maximum Gasteiger partial charge on any atom is 0.263 e. The average molecular weight is 306 g/mol. The van der Waals surface area contributed by atoms with Crippen LogP contribution in [0.2, 0.25) is 0 Å². The van der Waals surface area contributed by atoms with Crippen LogP contribution in [0.3, 0.4) is 0 Å². The van der Waals surface area contributed by atoms with E-state index in [1.165, 1.54) is 11.3 Å². The lowest BCUT2D eigenvalue weighted by atomic mass is 10.00. The smallest absolute Gasteiger partial charge is 0.263 e. The Morgan fingerprint density at radius 3 is 3.10 bits per heavy atom. The molecule has 7 heteroatoms. The summed E-state index contributed by atoms with van der Waals surface area (Å²) in [5, 5.41) is 2.96. The molecule has 0 bridgehead atoms. The molecule has 3 heterocycles. The number of nitrogens with one attached hydrogen (secondary N) is 1. The number of nitrogens with zero attached hydrogens (tertiary/aromatic N) is 2. The summed E-state index contributed by atoms with van der Waals surface area (Å²) in [6, 6.07) is 0. The van der Waals surface area contributed by atoms with Gasteiger partial charge in [0, 0.05) is 31.5 Å². The van der Waals surface area contributed by atoms with E-state index in [1.54, 1.807) is 12.4 Å². The maximum atomic E-state index is 12.3. The van der Waals surface area contributed by atoms with Crippen LogP contribution >= 0.6 is 11.3 Å². The molecule has 0 spiro atoms. The summed E-state index contributed by atoms with van der Waals surface area (Å²) in [5.41, 5.74) is 7.01. The topological polar surface area (TPSA) is 90.1 Å². The minimum absolute atomic E-state index is 0.154. The van der Waals surface area contributed by atoms with Gasteiger partial charge in [-0.1, -0.05) is 6.92 Å². The van der Waals surface area contributed by atoms with Crippen LogP contribution in [-0.4, -0.2) is 35.1 Å². The van der Waals surface area contributed by atoms with Crippen LogP contribution in [0.25, 0.3) is 10.3 Å². The minimum Gasteiger partial charge on any atom is -0.396 e. The van der Waals surface area contributed by atoms with Crippen LogP contribution < -0.4 is 11.1 Å². The monoisotopic (exact) mass is 306 g/mol.